The van der Waals surface area contributed by atoms with Gasteiger partial charge >= 0.3 is 11.7 Å². The maximum Gasteiger partial charge on any atom is 0.357 e. The smallest absolute Gasteiger partial charge is 0.357 e. The van der Waals surface area contributed by atoms with Crippen molar-refractivity contribution in [1.82, 2.24) is 23.7 Å². The SMILES string of the molecule is CCOC(=O)c1cc(Nc2ccc3c(c2)n(CCC(C)O)c(=O)n3C)n2nccc2n1. The monoisotopic (exact) mass is 424 g/mol. The van der Waals surface area contributed by atoms with Gasteiger partial charge in [-0.15, -0.1) is 0 Å². The first-order chi connectivity index (χ1) is 14.9. The van der Waals surface area contributed by atoms with Gasteiger partial charge in [-0.25, -0.2) is 14.6 Å². The van der Waals surface area contributed by atoms with Crippen molar-refractivity contribution < 1.29 is 14.6 Å². The highest BCUT2D eigenvalue weighted by molar-refractivity contribution is 5.89. The highest BCUT2D eigenvalue weighted by Crippen LogP contribution is 2.23. The van der Waals surface area contributed by atoms with E-state index in [1.54, 1.807) is 52.9 Å². The number of aliphatic hydroxyl groups excluding tert-OH is 1. The van der Waals surface area contributed by atoms with Gasteiger partial charge in [0.1, 0.15) is 5.82 Å². The molecular formula is C21H24N6O4. The number of nitrogens with zero attached hydrogens (tertiary/aromatic N) is 5. The molecule has 4 rings (SSSR count). The number of hydrogen-bond acceptors (Lipinski definition) is 7. The summed E-state index contributed by atoms with van der Waals surface area (Å²) in [6, 6.07) is 8.83. The summed E-state index contributed by atoms with van der Waals surface area (Å²) in [5.41, 5.74) is 2.77. The molecule has 1 aromatic carbocycles. The molecule has 0 saturated carbocycles. The van der Waals surface area contributed by atoms with Crippen molar-refractivity contribution >= 4 is 34.2 Å². The largest absolute Gasteiger partial charge is 0.461 e. The highest BCUT2D eigenvalue weighted by Gasteiger charge is 2.16. The molecule has 2 N–H and O–H groups in total. The van der Waals surface area contributed by atoms with Gasteiger partial charge < -0.3 is 15.2 Å². The molecule has 3 heterocycles. The number of carbonyl (C=O) groups excluding carboxylic acids is 1. The van der Waals surface area contributed by atoms with E-state index in [4.69, 9.17) is 4.74 Å². The van der Waals surface area contributed by atoms with Crippen molar-refractivity contribution in [2.75, 3.05) is 11.9 Å². The second-order valence-electron chi connectivity index (χ2n) is 7.31. The first-order valence-electron chi connectivity index (χ1n) is 10.0. The van der Waals surface area contributed by atoms with Crippen LogP contribution in [0.15, 0.2) is 41.3 Å². The van der Waals surface area contributed by atoms with Crippen molar-refractivity contribution in [3.8, 4) is 0 Å². The average molecular weight is 424 g/mol. The van der Waals surface area contributed by atoms with Gasteiger partial charge in [0.05, 0.1) is 29.9 Å². The number of anilines is 2. The Bertz CT molecular complexity index is 1320. The minimum Gasteiger partial charge on any atom is -0.461 e. The summed E-state index contributed by atoms with van der Waals surface area (Å²) in [5.74, 6) is 0.0194. The van der Waals surface area contributed by atoms with Crippen molar-refractivity contribution in [2.24, 2.45) is 7.05 Å². The zero-order valence-corrected chi connectivity index (χ0v) is 17.6. The Morgan fingerprint density at radius 1 is 1.26 bits per heavy atom. The first kappa shape index (κ1) is 20.6. The molecule has 1 atom stereocenters. The minimum atomic E-state index is -0.514. The van der Waals surface area contributed by atoms with E-state index in [9.17, 15) is 14.7 Å². The number of imidazole rings is 1. The Hall–Kier alpha value is -3.66. The second-order valence-corrected chi connectivity index (χ2v) is 7.31. The Morgan fingerprint density at radius 3 is 2.81 bits per heavy atom. The van der Waals surface area contributed by atoms with Crippen LogP contribution in [-0.4, -0.2) is 47.5 Å². The molecule has 4 aromatic rings. The van der Waals surface area contributed by atoms with Crippen LogP contribution in [0.3, 0.4) is 0 Å². The van der Waals surface area contributed by atoms with E-state index in [1.807, 2.05) is 18.2 Å². The summed E-state index contributed by atoms with van der Waals surface area (Å²) < 4.78 is 9.88. The van der Waals surface area contributed by atoms with Gasteiger partial charge in [0, 0.05) is 31.4 Å². The standard InChI is InChI=1S/C21H24N6O4/c1-4-31-20(29)15-12-19(27-18(24-15)7-9-22-27)23-14-5-6-16-17(11-14)26(10-8-13(2)28)21(30)25(16)3/h5-7,9,11-13,23,28H,4,8,10H2,1-3H3. The molecule has 0 bridgehead atoms. The van der Waals surface area contributed by atoms with Gasteiger partial charge in [0.25, 0.3) is 0 Å². The van der Waals surface area contributed by atoms with Crippen molar-refractivity contribution in [3.05, 3.63) is 52.7 Å². The number of aliphatic hydroxyl groups is 1. The lowest BCUT2D eigenvalue weighted by Gasteiger charge is -2.11. The van der Waals surface area contributed by atoms with E-state index in [0.717, 1.165) is 11.0 Å². The van der Waals surface area contributed by atoms with Crippen LogP contribution >= 0.6 is 0 Å². The van der Waals surface area contributed by atoms with Gasteiger partial charge in [-0.05, 0) is 38.5 Å². The van der Waals surface area contributed by atoms with E-state index >= 15 is 0 Å². The lowest BCUT2D eigenvalue weighted by Crippen LogP contribution is -2.23. The van der Waals surface area contributed by atoms with Crippen LogP contribution in [-0.2, 0) is 18.3 Å². The lowest BCUT2D eigenvalue weighted by atomic mass is 10.2. The lowest BCUT2D eigenvalue weighted by molar-refractivity contribution is 0.0519. The van der Waals surface area contributed by atoms with Gasteiger partial charge in [-0.3, -0.25) is 9.13 Å². The summed E-state index contributed by atoms with van der Waals surface area (Å²) in [4.78, 5) is 29.1. The normalized spacial score (nSPS) is 12.4. The number of ether oxygens (including phenoxy) is 1. The summed E-state index contributed by atoms with van der Waals surface area (Å²) >= 11 is 0. The molecule has 0 spiro atoms. The topological polar surface area (TPSA) is 116 Å². The molecule has 31 heavy (non-hydrogen) atoms. The average Bonchev–Trinajstić information content (AvgIpc) is 3.30. The van der Waals surface area contributed by atoms with Gasteiger partial charge in [-0.2, -0.15) is 9.61 Å². The molecule has 0 aliphatic rings. The molecule has 10 nitrogen and oxygen atoms in total. The first-order valence-corrected chi connectivity index (χ1v) is 10.0. The fourth-order valence-electron chi connectivity index (χ4n) is 3.48. The van der Waals surface area contributed by atoms with Crippen molar-refractivity contribution in [1.29, 1.82) is 0 Å². The Kier molecular flexibility index (Phi) is 5.47. The molecule has 0 saturated heterocycles. The van der Waals surface area contributed by atoms with Gasteiger partial charge in [0.2, 0.25) is 0 Å². The fourth-order valence-corrected chi connectivity index (χ4v) is 3.48. The summed E-state index contributed by atoms with van der Waals surface area (Å²) in [5, 5.41) is 17.2. The van der Waals surface area contributed by atoms with Crippen molar-refractivity contribution in [3.63, 3.8) is 0 Å². The molecule has 10 heteroatoms. The summed E-state index contributed by atoms with van der Waals surface area (Å²) in [6.07, 6.45) is 1.56. The molecule has 0 aliphatic carbocycles. The van der Waals surface area contributed by atoms with Crippen molar-refractivity contribution in [2.45, 2.75) is 32.9 Å². The van der Waals surface area contributed by atoms with E-state index in [0.29, 0.717) is 30.1 Å². The Labute approximate surface area is 177 Å². The quantitative estimate of drug-likeness (QED) is 0.436. The number of hydrogen-bond donors (Lipinski definition) is 2. The maximum atomic E-state index is 12.6. The number of aromatic nitrogens is 5. The van der Waals surface area contributed by atoms with Crippen LogP contribution < -0.4 is 11.0 Å². The van der Waals surface area contributed by atoms with Crippen LogP contribution in [0, 0.1) is 0 Å². The fraction of sp³-hybridized carbons (Fsp3) is 0.333. The zero-order valence-electron chi connectivity index (χ0n) is 17.6. The summed E-state index contributed by atoms with van der Waals surface area (Å²) in [6.45, 7) is 4.09. The van der Waals surface area contributed by atoms with E-state index < -0.39 is 12.1 Å². The predicted molar refractivity (Wildman–Crippen MR) is 116 cm³/mol. The number of aryl methyl sites for hydroxylation is 2. The summed E-state index contributed by atoms with van der Waals surface area (Å²) in [7, 11) is 1.72. The third kappa shape index (κ3) is 3.89. The second kappa shape index (κ2) is 8.23. The highest BCUT2D eigenvalue weighted by atomic mass is 16.5. The number of carbonyl (C=O) groups is 1. The third-order valence-electron chi connectivity index (χ3n) is 5.03. The van der Waals surface area contributed by atoms with E-state index in [-0.39, 0.29) is 18.0 Å². The third-order valence-corrected chi connectivity index (χ3v) is 5.03. The number of benzene rings is 1. The number of esters is 1. The van der Waals surface area contributed by atoms with Gasteiger partial charge in [0.15, 0.2) is 11.3 Å². The van der Waals surface area contributed by atoms with Crippen LogP contribution in [0.25, 0.3) is 16.7 Å². The van der Waals surface area contributed by atoms with Crippen LogP contribution in [0.2, 0.25) is 0 Å². The molecule has 0 aliphatic heterocycles. The van der Waals surface area contributed by atoms with E-state index in [1.165, 1.54) is 0 Å². The van der Waals surface area contributed by atoms with Crippen LogP contribution in [0.1, 0.15) is 30.8 Å². The Morgan fingerprint density at radius 2 is 2.06 bits per heavy atom. The number of rotatable bonds is 7. The molecular weight excluding hydrogens is 400 g/mol. The molecule has 0 radical (unpaired) electrons. The van der Waals surface area contributed by atoms with Crippen LogP contribution in [0.4, 0.5) is 11.5 Å². The maximum absolute atomic E-state index is 12.6. The predicted octanol–water partition coefficient (Wildman–Crippen LogP) is 2.07. The number of nitrogens with one attached hydrogen (secondary N) is 1. The molecule has 3 aromatic heterocycles. The molecule has 162 valence electrons. The van der Waals surface area contributed by atoms with Crippen LogP contribution in [0.5, 0.6) is 0 Å². The van der Waals surface area contributed by atoms with E-state index in [2.05, 4.69) is 15.4 Å². The Balaban J connectivity index is 1.76. The molecule has 1 unspecified atom stereocenters. The zero-order chi connectivity index (χ0) is 22.1. The minimum absolute atomic E-state index is 0.143. The number of fused-ring (bicyclic) bond motifs is 2. The van der Waals surface area contributed by atoms with Gasteiger partial charge in [-0.1, -0.05) is 0 Å². The molecule has 0 fully saturated rings. The molecule has 0 amide bonds.